The lowest BCUT2D eigenvalue weighted by Crippen LogP contribution is -2.43. The van der Waals surface area contributed by atoms with E-state index in [1.807, 2.05) is 0 Å². The largest absolute Gasteiger partial charge is 0.373 e. The molecule has 3 nitrogen and oxygen atoms in total. The van der Waals surface area contributed by atoms with Crippen molar-refractivity contribution in [1.29, 1.82) is 0 Å². The topological polar surface area (TPSA) is 24.5 Å². The van der Waals surface area contributed by atoms with Crippen molar-refractivity contribution < 1.29 is 4.74 Å². The van der Waals surface area contributed by atoms with E-state index in [0.717, 1.165) is 12.5 Å². The number of likely N-dealkylation sites (tertiary alicyclic amines) is 1. The van der Waals surface area contributed by atoms with Crippen LogP contribution in [0.5, 0.6) is 0 Å². The summed E-state index contributed by atoms with van der Waals surface area (Å²) >= 11 is 0. The Bertz CT molecular complexity index is 481. The third-order valence-electron chi connectivity index (χ3n) is 5.58. The summed E-state index contributed by atoms with van der Waals surface area (Å²) in [5, 5.41) is 3.85. The summed E-state index contributed by atoms with van der Waals surface area (Å²) in [6.45, 7) is 3.27. The van der Waals surface area contributed by atoms with E-state index in [9.17, 15) is 0 Å². The Morgan fingerprint density at radius 2 is 1.95 bits per heavy atom. The van der Waals surface area contributed by atoms with E-state index in [1.165, 1.54) is 44.3 Å². The molecule has 114 valence electrons. The van der Waals surface area contributed by atoms with Crippen molar-refractivity contribution in [3.8, 4) is 0 Å². The second kappa shape index (κ2) is 5.38. The average Bonchev–Trinajstić information content (AvgIpc) is 3.17. The molecule has 1 aromatic carbocycles. The molecule has 1 aromatic rings. The summed E-state index contributed by atoms with van der Waals surface area (Å²) in [6.07, 6.45) is 4.90. The van der Waals surface area contributed by atoms with E-state index in [4.69, 9.17) is 4.74 Å². The quantitative estimate of drug-likeness (QED) is 0.923. The van der Waals surface area contributed by atoms with Gasteiger partial charge in [-0.05, 0) is 38.3 Å². The number of rotatable bonds is 3. The second-order valence-corrected chi connectivity index (χ2v) is 7.22. The number of piperidine rings is 1. The molecule has 2 saturated heterocycles. The number of hydrogen-bond donors (Lipinski definition) is 1. The van der Waals surface area contributed by atoms with Crippen LogP contribution in [0.15, 0.2) is 30.3 Å². The first-order valence-electron chi connectivity index (χ1n) is 8.38. The minimum atomic E-state index is 0.182. The van der Waals surface area contributed by atoms with Crippen LogP contribution in [0.1, 0.15) is 37.2 Å². The Kier molecular flexibility index (Phi) is 3.52. The Morgan fingerprint density at radius 1 is 1.19 bits per heavy atom. The van der Waals surface area contributed by atoms with Gasteiger partial charge < -0.3 is 15.0 Å². The fraction of sp³-hybridized carbons (Fsp3) is 0.667. The van der Waals surface area contributed by atoms with Gasteiger partial charge in [0, 0.05) is 31.1 Å². The monoisotopic (exact) mass is 286 g/mol. The molecule has 3 heteroatoms. The van der Waals surface area contributed by atoms with Crippen LogP contribution < -0.4 is 5.32 Å². The smallest absolute Gasteiger partial charge is 0.0723 e. The lowest BCUT2D eigenvalue weighted by atomic mass is 9.87. The first-order valence-corrected chi connectivity index (χ1v) is 8.38. The van der Waals surface area contributed by atoms with Crippen molar-refractivity contribution in [2.24, 2.45) is 0 Å². The first kappa shape index (κ1) is 13.7. The molecule has 21 heavy (non-hydrogen) atoms. The lowest BCUT2D eigenvalue weighted by molar-refractivity contribution is -0.0393. The number of benzene rings is 1. The molecule has 0 amide bonds. The molecule has 0 aromatic heterocycles. The molecule has 0 radical (unpaired) electrons. The van der Waals surface area contributed by atoms with E-state index in [1.54, 1.807) is 0 Å². The summed E-state index contributed by atoms with van der Waals surface area (Å²) in [5.41, 5.74) is 1.67. The Balaban J connectivity index is 1.30. The first-order chi connectivity index (χ1) is 10.2. The van der Waals surface area contributed by atoms with Crippen molar-refractivity contribution in [2.75, 3.05) is 26.7 Å². The third-order valence-corrected chi connectivity index (χ3v) is 5.58. The summed E-state index contributed by atoms with van der Waals surface area (Å²) in [7, 11) is 2.21. The highest BCUT2D eigenvalue weighted by atomic mass is 16.5. The molecule has 0 unspecified atom stereocenters. The minimum Gasteiger partial charge on any atom is -0.373 e. The van der Waals surface area contributed by atoms with Crippen molar-refractivity contribution in [2.45, 2.75) is 49.3 Å². The van der Waals surface area contributed by atoms with Crippen LogP contribution in [-0.2, 0) is 4.74 Å². The van der Waals surface area contributed by atoms with Crippen molar-refractivity contribution >= 4 is 0 Å². The van der Waals surface area contributed by atoms with Gasteiger partial charge in [0.1, 0.15) is 0 Å². The standard InChI is InChI=1S/C18H26N2O/c1-20-9-7-18(8-10-20)12-15(13-21-18)19-17-11-16(17)14-5-3-2-4-6-14/h2-6,15-17,19H,7-13H2,1H3/t15-,16-,17+/m0/s1. The van der Waals surface area contributed by atoms with Gasteiger partial charge in [0.05, 0.1) is 12.2 Å². The lowest BCUT2D eigenvalue weighted by Gasteiger charge is -2.37. The fourth-order valence-corrected chi connectivity index (χ4v) is 4.08. The molecule has 4 rings (SSSR count). The van der Waals surface area contributed by atoms with Gasteiger partial charge in [-0.25, -0.2) is 0 Å². The second-order valence-electron chi connectivity index (χ2n) is 7.22. The zero-order valence-corrected chi connectivity index (χ0v) is 12.9. The number of ether oxygens (including phenoxy) is 1. The highest BCUT2D eigenvalue weighted by Crippen LogP contribution is 2.43. The molecule has 1 saturated carbocycles. The van der Waals surface area contributed by atoms with Gasteiger partial charge in [0.2, 0.25) is 0 Å². The summed E-state index contributed by atoms with van der Waals surface area (Å²) in [6, 6.07) is 12.2. The Morgan fingerprint density at radius 3 is 2.71 bits per heavy atom. The van der Waals surface area contributed by atoms with Crippen LogP contribution >= 0.6 is 0 Å². The summed E-state index contributed by atoms with van der Waals surface area (Å²) in [5.74, 6) is 0.722. The van der Waals surface area contributed by atoms with Gasteiger partial charge in [-0.1, -0.05) is 30.3 Å². The van der Waals surface area contributed by atoms with Crippen LogP contribution in [-0.4, -0.2) is 49.3 Å². The maximum atomic E-state index is 6.22. The van der Waals surface area contributed by atoms with Crippen molar-refractivity contribution in [1.82, 2.24) is 10.2 Å². The Hall–Kier alpha value is -0.900. The fourth-order valence-electron chi connectivity index (χ4n) is 4.08. The SMILES string of the molecule is CN1CCC2(CC1)C[C@H](N[C@@H]1C[C@H]1c1ccccc1)CO2. The number of hydrogen-bond acceptors (Lipinski definition) is 3. The third kappa shape index (κ3) is 2.87. The molecular weight excluding hydrogens is 260 g/mol. The normalized spacial score (nSPS) is 35.2. The Labute approximate surface area is 127 Å². The molecule has 3 aliphatic rings. The van der Waals surface area contributed by atoms with Gasteiger partial charge in [-0.3, -0.25) is 0 Å². The van der Waals surface area contributed by atoms with Gasteiger partial charge in [-0.2, -0.15) is 0 Å². The molecule has 1 N–H and O–H groups in total. The van der Waals surface area contributed by atoms with Gasteiger partial charge in [0.15, 0.2) is 0 Å². The summed E-state index contributed by atoms with van der Waals surface area (Å²) < 4.78 is 6.22. The number of nitrogens with zero attached hydrogens (tertiary/aromatic N) is 1. The maximum Gasteiger partial charge on any atom is 0.0723 e. The van der Waals surface area contributed by atoms with E-state index >= 15 is 0 Å². The molecular formula is C18H26N2O. The predicted molar refractivity (Wildman–Crippen MR) is 84.5 cm³/mol. The zero-order valence-electron chi connectivity index (χ0n) is 12.9. The zero-order chi connectivity index (χ0) is 14.3. The number of nitrogens with one attached hydrogen (secondary N) is 1. The molecule has 0 bridgehead atoms. The molecule has 3 fully saturated rings. The van der Waals surface area contributed by atoms with Crippen LogP contribution in [0.4, 0.5) is 0 Å². The highest BCUT2D eigenvalue weighted by Gasteiger charge is 2.45. The van der Waals surface area contributed by atoms with Gasteiger partial charge >= 0.3 is 0 Å². The molecule has 1 spiro atoms. The van der Waals surface area contributed by atoms with Crippen molar-refractivity contribution in [3.05, 3.63) is 35.9 Å². The highest BCUT2D eigenvalue weighted by molar-refractivity contribution is 5.27. The van der Waals surface area contributed by atoms with E-state index in [2.05, 4.69) is 47.6 Å². The van der Waals surface area contributed by atoms with Crippen molar-refractivity contribution in [3.63, 3.8) is 0 Å². The molecule has 1 aliphatic carbocycles. The average molecular weight is 286 g/mol. The maximum absolute atomic E-state index is 6.22. The minimum absolute atomic E-state index is 0.182. The van der Waals surface area contributed by atoms with Crippen LogP contribution in [0.2, 0.25) is 0 Å². The van der Waals surface area contributed by atoms with Crippen LogP contribution in [0.3, 0.4) is 0 Å². The predicted octanol–water partition coefficient (Wildman–Crippen LogP) is 2.39. The van der Waals surface area contributed by atoms with E-state index in [0.29, 0.717) is 12.1 Å². The van der Waals surface area contributed by atoms with Crippen LogP contribution in [0, 0.1) is 0 Å². The van der Waals surface area contributed by atoms with E-state index < -0.39 is 0 Å². The van der Waals surface area contributed by atoms with Gasteiger partial charge in [-0.15, -0.1) is 0 Å². The van der Waals surface area contributed by atoms with E-state index in [-0.39, 0.29) is 5.60 Å². The van der Waals surface area contributed by atoms with Gasteiger partial charge in [0.25, 0.3) is 0 Å². The molecule has 3 atom stereocenters. The van der Waals surface area contributed by atoms with Crippen LogP contribution in [0.25, 0.3) is 0 Å². The molecule has 2 heterocycles. The molecule has 2 aliphatic heterocycles. The summed E-state index contributed by atoms with van der Waals surface area (Å²) in [4.78, 5) is 2.42.